The largest absolute Gasteiger partial charge is 0.504 e. The average molecular weight is 475 g/mol. The van der Waals surface area contributed by atoms with Gasteiger partial charge in [0.2, 0.25) is 0 Å². The Morgan fingerprint density at radius 3 is 2.40 bits per heavy atom. The van der Waals surface area contributed by atoms with E-state index in [9.17, 15) is 0 Å². The van der Waals surface area contributed by atoms with Gasteiger partial charge in [0, 0.05) is 44.1 Å². The van der Waals surface area contributed by atoms with Crippen LogP contribution in [-0.4, -0.2) is 53.8 Å². The molecule has 0 amide bonds. The molecule has 2 aliphatic heterocycles. The number of piperazine rings is 1. The minimum absolute atomic E-state index is 0.456. The molecular formula is C29H38N4O2. The molecule has 0 bridgehead atoms. The molecule has 1 fully saturated rings. The summed E-state index contributed by atoms with van der Waals surface area (Å²) in [6.45, 7) is 15.6. The van der Waals surface area contributed by atoms with E-state index >= 15 is 0 Å². The lowest BCUT2D eigenvalue weighted by molar-refractivity contribution is 0.209. The maximum Gasteiger partial charge on any atom is 0.152 e. The maximum atomic E-state index is 6.08. The molecule has 0 unspecified atom stereocenters. The van der Waals surface area contributed by atoms with Crippen molar-refractivity contribution in [1.29, 1.82) is 0 Å². The molecule has 3 heterocycles. The molecule has 6 heteroatoms. The van der Waals surface area contributed by atoms with Gasteiger partial charge in [-0.1, -0.05) is 26.0 Å². The zero-order chi connectivity index (χ0) is 24.9. The molecule has 6 nitrogen and oxygen atoms in total. The summed E-state index contributed by atoms with van der Waals surface area (Å²) in [5.74, 6) is 1.78. The topological polar surface area (TPSA) is 42.8 Å². The summed E-state index contributed by atoms with van der Waals surface area (Å²) in [5, 5.41) is 0. The van der Waals surface area contributed by atoms with Crippen molar-refractivity contribution in [1.82, 2.24) is 14.5 Å². The Morgan fingerprint density at radius 2 is 1.74 bits per heavy atom. The highest BCUT2D eigenvalue weighted by atomic mass is 16.5. The van der Waals surface area contributed by atoms with Crippen molar-refractivity contribution in [3.8, 4) is 22.6 Å². The lowest BCUT2D eigenvalue weighted by Gasteiger charge is -2.38. The third kappa shape index (κ3) is 5.22. The normalized spacial score (nSPS) is 15.3. The molecule has 0 aliphatic carbocycles. The number of hydrogen-bond donors (Lipinski definition) is 0. The molecule has 1 aromatic heterocycles. The fourth-order valence-electron chi connectivity index (χ4n) is 4.75. The molecule has 0 atom stereocenters. The lowest BCUT2D eigenvalue weighted by Crippen LogP contribution is -2.48. The first-order chi connectivity index (χ1) is 17.0. The molecule has 2 aromatic carbocycles. The van der Waals surface area contributed by atoms with E-state index in [4.69, 9.17) is 9.47 Å². The van der Waals surface area contributed by atoms with Crippen LogP contribution in [0.5, 0.6) is 5.75 Å². The summed E-state index contributed by atoms with van der Waals surface area (Å²) >= 11 is 0. The van der Waals surface area contributed by atoms with Crippen LogP contribution >= 0.6 is 0 Å². The van der Waals surface area contributed by atoms with Gasteiger partial charge in [-0.15, -0.1) is 0 Å². The van der Waals surface area contributed by atoms with Crippen molar-refractivity contribution >= 4 is 11.8 Å². The van der Waals surface area contributed by atoms with Gasteiger partial charge in [0.05, 0.1) is 24.8 Å². The van der Waals surface area contributed by atoms with E-state index in [0.717, 1.165) is 49.1 Å². The Bertz CT molecular complexity index is 1160. The van der Waals surface area contributed by atoms with E-state index in [1.807, 2.05) is 26.1 Å². The van der Waals surface area contributed by atoms with Crippen molar-refractivity contribution in [2.45, 2.75) is 47.3 Å². The van der Waals surface area contributed by atoms with Gasteiger partial charge >= 0.3 is 0 Å². The van der Waals surface area contributed by atoms with Crippen molar-refractivity contribution in [2.75, 3.05) is 38.2 Å². The molecule has 5 rings (SSSR count). The number of rotatable bonds is 5. The highest BCUT2D eigenvalue weighted by molar-refractivity contribution is 5.74. The molecule has 0 saturated carbocycles. The summed E-state index contributed by atoms with van der Waals surface area (Å²) in [7, 11) is 1.63. The summed E-state index contributed by atoms with van der Waals surface area (Å²) in [5.41, 5.74) is 6.81. The van der Waals surface area contributed by atoms with Gasteiger partial charge in [0.1, 0.15) is 12.4 Å². The summed E-state index contributed by atoms with van der Waals surface area (Å²) < 4.78 is 13.2. The molecule has 0 spiro atoms. The van der Waals surface area contributed by atoms with Crippen LogP contribution < -0.4 is 9.64 Å². The number of imidazole rings is 1. The van der Waals surface area contributed by atoms with Gasteiger partial charge in [0.15, 0.2) is 5.82 Å². The highest BCUT2D eigenvalue weighted by Gasteiger charge is 2.22. The number of ether oxygens (including phenoxy) is 2. The fraction of sp³-hybridized carbons (Fsp3) is 0.414. The molecule has 0 N–H and O–H groups in total. The number of methoxy groups -OCH3 is 1. The number of anilines is 1. The Hall–Kier alpha value is -3.25. The van der Waals surface area contributed by atoms with E-state index in [1.54, 1.807) is 13.4 Å². The van der Waals surface area contributed by atoms with Gasteiger partial charge in [-0.2, -0.15) is 0 Å². The van der Waals surface area contributed by atoms with Crippen molar-refractivity contribution in [3.63, 3.8) is 0 Å². The SMILES string of the molecule is CC.CO/C=C/c1cn2c(n1)COc1cc(-c3ccc(N4CCN(C(C)C)CC4)cc3)c(C)cc1-2. The summed E-state index contributed by atoms with van der Waals surface area (Å²) in [6, 6.07) is 13.9. The van der Waals surface area contributed by atoms with Gasteiger partial charge in [-0.25, -0.2) is 4.98 Å². The number of aromatic nitrogens is 2. The second kappa shape index (κ2) is 11.0. The monoisotopic (exact) mass is 474 g/mol. The first kappa shape index (κ1) is 24.9. The lowest BCUT2D eigenvalue weighted by atomic mass is 9.98. The second-order valence-corrected chi connectivity index (χ2v) is 9.08. The number of nitrogens with zero attached hydrogens (tertiary/aromatic N) is 4. The number of benzene rings is 2. The number of fused-ring (bicyclic) bond motifs is 3. The van der Waals surface area contributed by atoms with Crippen LogP contribution in [0, 0.1) is 6.92 Å². The smallest absolute Gasteiger partial charge is 0.152 e. The van der Waals surface area contributed by atoms with Crippen LogP contribution in [0.25, 0.3) is 22.9 Å². The Labute approximate surface area is 209 Å². The Kier molecular flexibility index (Phi) is 7.81. The van der Waals surface area contributed by atoms with E-state index < -0.39 is 0 Å². The standard InChI is InChI=1S/C27H32N4O2.C2H6/c1-19(2)29-10-12-30(13-11-29)23-7-5-21(6-8-23)24-16-26-25(15-20(24)3)31-17-22(9-14-32-4)28-27(31)18-33-26;1-2/h5-9,14-17,19H,10-13,18H2,1-4H3;1-2H3/b14-9+;. The first-order valence-electron chi connectivity index (χ1n) is 12.7. The summed E-state index contributed by atoms with van der Waals surface area (Å²) in [6.07, 6.45) is 5.52. The zero-order valence-corrected chi connectivity index (χ0v) is 21.9. The van der Waals surface area contributed by atoms with E-state index in [1.165, 1.54) is 22.4 Å². The van der Waals surface area contributed by atoms with Crippen LogP contribution in [0.4, 0.5) is 5.69 Å². The highest BCUT2D eigenvalue weighted by Crippen LogP contribution is 2.37. The quantitative estimate of drug-likeness (QED) is 0.430. The first-order valence-corrected chi connectivity index (χ1v) is 12.7. The molecular weight excluding hydrogens is 436 g/mol. The number of aryl methyl sites for hydroxylation is 1. The van der Waals surface area contributed by atoms with Crippen LogP contribution in [0.3, 0.4) is 0 Å². The molecule has 2 aliphatic rings. The molecule has 0 radical (unpaired) electrons. The van der Waals surface area contributed by atoms with Crippen LogP contribution in [0.15, 0.2) is 48.9 Å². The van der Waals surface area contributed by atoms with Gasteiger partial charge in [-0.3, -0.25) is 9.47 Å². The Morgan fingerprint density at radius 1 is 1.03 bits per heavy atom. The van der Waals surface area contributed by atoms with E-state index in [2.05, 4.69) is 76.5 Å². The van der Waals surface area contributed by atoms with Gasteiger partial charge < -0.3 is 14.4 Å². The minimum atomic E-state index is 0.456. The van der Waals surface area contributed by atoms with Gasteiger partial charge in [0.25, 0.3) is 0 Å². The fourth-order valence-corrected chi connectivity index (χ4v) is 4.75. The van der Waals surface area contributed by atoms with Gasteiger partial charge in [-0.05, 0) is 67.8 Å². The van der Waals surface area contributed by atoms with Crippen LogP contribution in [0.1, 0.15) is 44.8 Å². The molecule has 1 saturated heterocycles. The predicted molar refractivity (Wildman–Crippen MR) is 144 cm³/mol. The van der Waals surface area contributed by atoms with E-state index in [0.29, 0.717) is 12.6 Å². The van der Waals surface area contributed by atoms with Crippen molar-refractivity contribution in [2.24, 2.45) is 0 Å². The van der Waals surface area contributed by atoms with Crippen LogP contribution in [-0.2, 0) is 11.3 Å². The number of hydrogen-bond acceptors (Lipinski definition) is 5. The molecule has 186 valence electrons. The third-order valence-electron chi connectivity index (χ3n) is 6.68. The zero-order valence-electron chi connectivity index (χ0n) is 21.9. The third-order valence-corrected chi connectivity index (χ3v) is 6.68. The molecule has 3 aromatic rings. The van der Waals surface area contributed by atoms with Crippen molar-refractivity contribution in [3.05, 3.63) is 65.9 Å². The Balaban J connectivity index is 0.00000141. The van der Waals surface area contributed by atoms with Crippen molar-refractivity contribution < 1.29 is 9.47 Å². The maximum absolute atomic E-state index is 6.08. The predicted octanol–water partition coefficient (Wildman–Crippen LogP) is 5.91. The van der Waals surface area contributed by atoms with E-state index in [-0.39, 0.29) is 0 Å². The van der Waals surface area contributed by atoms with Crippen LogP contribution in [0.2, 0.25) is 0 Å². The minimum Gasteiger partial charge on any atom is -0.504 e. The molecule has 35 heavy (non-hydrogen) atoms. The second-order valence-electron chi connectivity index (χ2n) is 9.08. The summed E-state index contributed by atoms with van der Waals surface area (Å²) in [4.78, 5) is 9.66. The average Bonchev–Trinajstić information content (AvgIpc) is 3.32.